The van der Waals surface area contributed by atoms with E-state index in [1.807, 2.05) is 25.7 Å². The van der Waals surface area contributed by atoms with Crippen molar-refractivity contribution in [3.63, 3.8) is 0 Å². The van der Waals surface area contributed by atoms with Crippen molar-refractivity contribution >= 4 is 6.09 Å². The van der Waals surface area contributed by atoms with Gasteiger partial charge in [-0.25, -0.2) is 4.79 Å². The first-order valence-corrected chi connectivity index (χ1v) is 7.11. The quantitative estimate of drug-likeness (QED) is 0.722. The minimum atomic E-state index is -0.487. The maximum atomic E-state index is 12.4. The van der Waals surface area contributed by atoms with Gasteiger partial charge in [-0.3, -0.25) is 4.90 Å². The molecule has 1 spiro atoms. The first-order valence-electron chi connectivity index (χ1n) is 7.11. The maximum Gasteiger partial charge on any atom is 0.410 e. The highest BCUT2D eigenvalue weighted by Crippen LogP contribution is 2.57. The van der Waals surface area contributed by atoms with Crippen molar-refractivity contribution in [3.8, 4) is 0 Å². The second-order valence-electron chi connectivity index (χ2n) is 7.03. The summed E-state index contributed by atoms with van der Waals surface area (Å²) >= 11 is 0. The van der Waals surface area contributed by atoms with Gasteiger partial charge in [0, 0.05) is 12.5 Å². The van der Waals surface area contributed by atoms with Crippen LogP contribution in [0.3, 0.4) is 0 Å². The van der Waals surface area contributed by atoms with Gasteiger partial charge in [-0.1, -0.05) is 0 Å². The van der Waals surface area contributed by atoms with Gasteiger partial charge in [-0.05, 0) is 39.5 Å². The molecule has 0 bridgehead atoms. The van der Waals surface area contributed by atoms with Crippen LogP contribution in [-0.2, 0) is 9.47 Å². The summed E-state index contributed by atoms with van der Waals surface area (Å²) in [7, 11) is 0. The van der Waals surface area contributed by atoms with Gasteiger partial charge < -0.3 is 14.6 Å². The molecule has 1 unspecified atom stereocenters. The number of carbonyl (C=O) groups is 1. The van der Waals surface area contributed by atoms with Crippen LogP contribution in [0.25, 0.3) is 0 Å². The average molecular weight is 269 g/mol. The van der Waals surface area contributed by atoms with Crippen molar-refractivity contribution in [2.75, 3.05) is 19.8 Å². The van der Waals surface area contributed by atoms with Crippen LogP contribution >= 0.6 is 0 Å². The molecule has 5 heteroatoms. The second-order valence-corrected chi connectivity index (χ2v) is 7.03. The van der Waals surface area contributed by atoms with Gasteiger partial charge in [0.2, 0.25) is 0 Å². The van der Waals surface area contributed by atoms with Crippen LogP contribution in [0.1, 0.15) is 33.6 Å². The lowest BCUT2D eigenvalue weighted by Gasteiger charge is -2.59. The molecule has 2 aliphatic heterocycles. The number of aliphatic hydroxyl groups is 1. The molecule has 2 heterocycles. The van der Waals surface area contributed by atoms with Crippen LogP contribution in [0.15, 0.2) is 0 Å². The number of aliphatic hydroxyl groups excluding tert-OH is 1. The highest BCUT2D eigenvalue weighted by molar-refractivity contribution is 5.70. The van der Waals surface area contributed by atoms with Gasteiger partial charge in [-0.2, -0.15) is 0 Å². The molecular formula is C14H23NO4. The molecule has 3 rings (SSSR count). The Balaban J connectivity index is 1.81. The fourth-order valence-corrected chi connectivity index (χ4v) is 3.97. The molecule has 0 radical (unpaired) electrons. The number of amides is 1. The summed E-state index contributed by atoms with van der Waals surface area (Å²) < 4.78 is 11.0. The molecule has 1 amide bonds. The van der Waals surface area contributed by atoms with Crippen molar-refractivity contribution in [1.82, 2.24) is 4.90 Å². The predicted molar refractivity (Wildman–Crippen MR) is 68.7 cm³/mol. The number of rotatable bonds is 0. The largest absolute Gasteiger partial charge is 0.444 e. The van der Waals surface area contributed by atoms with Crippen molar-refractivity contribution in [3.05, 3.63) is 0 Å². The monoisotopic (exact) mass is 269 g/mol. The third kappa shape index (κ3) is 1.86. The van der Waals surface area contributed by atoms with Crippen LogP contribution < -0.4 is 0 Å². The molecule has 4 atom stereocenters. The molecular weight excluding hydrogens is 246 g/mol. The molecule has 2 saturated heterocycles. The number of ether oxygens (including phenoxy) is 2. The molecule has 3 aliphatic rings. The molecule has 108 valence electrons. The molecule has 19 heavy (non-hydrogen) atoms. The Hall–Kier alpha value is -0.810. The predicted octanol–water partition coefficient (Wildman–Crippen LogP) is 1.39. The number of hydrogen-bond acceptors (Lipinski definition) is 4. The Morgan fingerprint density at radius 1 is 1.47 bits per heavy atom. The van der Waals surface area contributed by atoms with E-state index in [1.165, 1.54) is 0 Å². The minimum Gasteiger partial charge on any atom is -0.444 e. The highest BCUT2D eigenvalue weighted by Gasteiger charge is 2.66. The zero-order chi connectivity index (χ0) is 13.8. The summed E-state index contributed by atoms with van der Waals surface area (Å²) in [5, 5.41) is 10.1. The van der Waals surface area contributed by atoms with Crippen LogP contribution in [0.2, 0.25) is 0 Å². The lowest BCUT2D eigenvalue weighted by atomic mass is 9.56. The summed E-state index contributed by atoms with van der Waals surface area (Å²) in [6.07, 6.45) is 1.28. The fraction of sp³-hybridized carbons (Fsp3) is 0.929. The van der Waals surface area contributed by atoms with E-state index >= 15 is 0 Å². The Kier molecular flexibility index (Phi) is 2.84. The molecule has 3 fully saturated rings. The third-order valence-corrected chi connectivity index (χ3v) is 4.79. The van der Waals surface area contributed by atoms with E-state index in [0.717, 1.165) is 12.8 Å². The van der Waals surface area contributed by atoms with Crippen molar-refractivity contribution in [2.24, 2.45) is 11.8 Å². The Labute approximate surface area is 113 Å². The molecule has 1 saturated carbocycles. The maximum absolute atomic E-state index is 12.4. The number of hydrogen-bond donors (Lipinski definition) is 1. The average Bonchev–Trinajstić information content (AvgIpc) is 2.51. The van der Waals surface area contributed by atoms with E-state index in [2.05, 4.69) is 0 Å². The molecule has 0 aromatic heterocycles. The smallest absolute Gasteiger partial charge is 0.410 e. The molecule has 1 aliphatic carbocycles. The standard InChI is InChI=1S/C14H23NO4/c1-13(2,3)19-12(17)15-5-4-9-6-10-11(16)7-18-8-14(9,10)15/h9-11,16H,4-8H2,1-3H3/t9-,10+,11?,14-/m0/s1. The molecule has 0 aromatic carbocycles. The number of carbonyl (C=O) groups excluding carboxylic acids is 1. The second kappa shape index (κ2) is 4.09. The SMILES string of the molecule is CC(C)(C)OC(=O)N1CC[C@H]2C[C@@H]3C(O)COC[C@]231. The molecule has 5 nitrogen and oxygen atoms in total. The van der Waals surface area contributed by atoms with E-state index < -0.39 is 11.7 Å². The Bertz CT molecular complexity index is 391. The molecule has 1 N–H and O–H groups in total. The fourth-order valence-electron chi connectivity index (χ4n) is 3.97. The lowest BCUT2D eigenvalue weighted by Crippen LogP contribution is -2.71. The van der Waals surface area contributed by atoms with Crippen molar-refractivity contribution in [1.29, 1.82) is 0 Å². The van der Waals surface area contributed by atoms with E-state index in [4.69, 9.17) is 9.47 Å². The summed E-state index contributed by atoms with van der Waals surface area (Å²) in [5.41, 5.74) is -0.792. The van der Waals surface area contributed by atoms with E-state index in [9.17, 15) is 9.90 Å². The summed E-state index contributed by atoms with van der Waals surface area (Å²) in [4.78, 5) is 14.2. The van der Waals surface area contributed by atoms with E-state index in [0.29, 0.717) is 25.7 Å². The van der Waals surface area contributed by atoms with Crippen molar-refractivity contribution < 1.29 is 19.4 Å². The van der Waals surface area contributed by atoms with E-state index in [-0.39, 0.29) is 17.6 Å². The summed E-state index contributed by atoms with van der Waals surface area (Å²) in [5.74, 6) is 0.612. The highest BCUT2D eigenvalue weighted by atomic mass is 16.6. The minimum absolute atomic E-state index is 0.154. The summed E-state index contributed by atoms with van der Waals surface area (Å²) in [6.45, 7) is 7.27. The van der Waals surface area contributed by atoms with Crippen LogP contribution in [-0.4, -0.2) is 53.1 Å². The van der Waals surface area contributed by atoms with Crippen LogP contribution in [0.4, 0.5) is 4.79 Å². The molecule has 0 aromatic rings. The topological polar surface area (TPSA) is 59.0 Å². The Morgan fingerprint density at radius 3 is 2.89 bits per heavy atom. The van der Waals surface area contributed by atoms with Gasteiger partial charge in [0.05, 0.1) is 24.9 Å². The zero-order valence-electron chi connectivity index (χ0n) is 11.9. The normalized spacial score (nSPS) is 41.3. The third-order valence-electron chi connectivity index (χ3n) is 4.79. The van der Waals surface area contributed by atoms with Crippen LogP contribution in [0.5, 0.6) is 0 Å². The van der Waals surface area contributed by atoms with Gasteiger partial charge >= 0.3 is 6.09 Å². The van der Waals surface area contributed by atoms with E-state index in [1.54, 1.807) is 0 Å². The van der Waals surface area contributed by atoms with Gasteiger partial charge in [0.15, 0.2) is 0 Å². The van der Waals surface area contributed by atoms with Crippen molar-refractivity contribution in [2.45, 2.75) is 50.9 Å². The Morgan fingerprint density at radius 2 is 2.21 bits per heavy atom. The first-order chi connectivity index (χ1) is 8.84. The number of nitrogens with zero attached hydrogens (tertiary/aromatic N) is 1. The van der Waals surface area contributed by atoms with Gasteiger partial charge in [0.1, 0.15) is 5.60 Å². The lowest BCUT2D eigenvalue weighted by molar-refractivity contribution is -0.194. The first kappa shape index (κ1) is 13.2. The van der Waals surface area contributed by atoms with Crippen LogP contribution in [0, 0.1) is 11.8 Å². The number of likely N-dealkylation sites (tertiary alicyclic amines) is 1. The van der Waals surface area contributed by atoms with Gasteiger partial charge in [-0.15, -0.1) is 0 Å². The zero-order valence-corrected chi connectivity index (χ0v) is 11.9. The summed E-state index contributed by atoms with van der Waals surface area (Å²) in [6, 6.07) is 0. The van der Waals surface area contributed by atoms with Gasteiger partial charge in [0.25, 0.3) is 0 Å².